The van der Waals surface area contributed by atoms with Gasteiger partial charge in [0.05, 0.1) is 11.6 Å². The Balaban J connectivity index is 2.41. The molecule has 0 spiro atoms. The van der Waals surface area contributed by atoms with Crippen molar-refractivity contribution in [2.75, 3.05) is 6.54 Å². The smallest absolute Gasteiger partial charge is 0.237 e. The standard InChI is InChI=1S/C10H17N3O/c1-9(2,8(12)14)13-7-10(3-4-10)5-6-11/h13H,3-5,7H2,1-2H3,(H2,12,14). The van der Waals surface area contributed by atoms with Crippen molar-refractivity contribution in [2.45, 2.75) is 38.6 Å². The van der Waals surface area contributed by atoms with E-state index in [1.165, 1.54) is 0 Å². The van der Waals surface area contributed by atoms with Gasteiger partial charge in [0.2, 0.25) is 5.91 Å². The number of nitrogens with two attached hydrogens (primary N) is 1. The van der Waals surface area contributed by atoms with Gasteiger partial charge in [-0.25, -0.2) is 0 Å². The average molecular weight is 195 g/mol. The summed E-state index contributed by atoms with van der Waals surface area (Å²) in [5.41, 5.74) is 4.66. The molecule has 1 rings (SSSR count). The van der Waals surface area contributed by atoms with Crippen molar-refractivity contribution in [3.63, 3.8) is 0 Å². The Bertz CT molecular complexity index is 274. The second kappa shape index (κ2) is 3.58. The van der Waals surface area contributed by atoms with Gasteiger partial charge >= 0.3 is 0 Å². The van der Waals surface area contributed by atoms with E-state index < -0.39 is 5.54 Å². The fourth-order valence-electron chi connectivity index (χ4n) is 1.26. The van der Waals surface area contributed by atoms with Crippen molar-refractivity contribution in [1.82, 2.24) is 5.32 Å². The van der Waals surface area contributed by atoms with Gasteiger partial charge < -0.3 is 11.1 Å². The van der Waals surface area contributed by atoms with Gasteiger partial charge in [0.1, 0.15) is 0 Å². The van der Waals surface area contributed by atoms with E-state index in [1.807, 2.05) is 0 Å². The summed E-state index contributed by atoms with van der Waals surface area (Å²) in [6.45, 7) is 4.23. The summed E-state index contributed by atoms with van der Waals surface area (Å²) in [4.78, 5) is 11.0. The summed E-state index contributed by atoms with van der Waals surface area (Å²) < 4.78 is 0. The van der Waals surface area contributed by atoms with Gasteiger partial charge in [-0.2, -0.15) is 5.26 Å². The minimum atomic E-state index is -0.676. The minimum absolute atomic E-state index is 0.113. The van der Waals surface area contributed by atoms with Crippen LogP contribution in [0.5, 0.6) is 0 Å². The predicted molar refractivity (Wildman–Crippen MR) is 53.2 cm³/mol. The van der Waals surface area contributed by atoms with Gasteiger partial charge in [0.25, 0.3) is 0 Å². The molecule has 0 unspecified atom stereocenters. The molecule has 1 aliphatic carbocycles. The van der Waals surface area contributed by atoms with Crippen molar-refractivity contribution < 1.29 is 4.79 Å². The topological polar surface area (TPSA) is 78.9 Å². The van der Waals surface area contributed by atoms with E-state index in [0.29, 0.717) is 13.0 Å². The number of carbonyl (C=O) groups is 1. The van der Waals surface area contributed by atoms with Crippen LogP contribution in [-0.4, -0.2) is 18.0 Å². The third kappa shape index (κ3) is 2.46. The van der Waals surface area contributed by atoms with Crippen molar-refractivity contribution in [2.24, 2.45) is 11.1 Å². The SMILES string of the molecule is CC(C)(NCC1(CC#N)CC1)C(N)=O. The molecule has 0 bridgehead atoms. The highest BCUT2D eigenvalue weighted by molar-refractivity contribution is 5.83. The molecule has 0 atom stereocenters. The molecule has 0 aromatic carbocycles. The van der Waals surface area contributed by atoms with Crippen LogP contribution >= 0.6 is 0 Å². The van der Waals surface area contributed by atoms with Crippen LogP contribution in [0.2, 0.25) is 0 Å². The molecular formula is C10H17N3O. The lowest BCUT2D eigenvalue weighted by Gasteiger charge is -2.25. The second-order valence-corrected chi connectivity index (χ2v) is 4.68. The van der Waals surface area contributed by atoms with Crippen molar-refractivity contribution in [3.8, 4) is 6.07 Å². The fraction of sp³-hybridized carbons (Fsp3) is 0.800. The highest BCUT2D eigenvalue weighted by Crippen LogP contribution is 2.48. The number of nitrogens with one attached hydrogen (secondary N) is 1. The Hall–Kier alpha value is -1.08. The van der Waals surface area contributed by atoms with E-state index in [-0.39, 0.29) is 11.3 Å². The lowest BCUT2D eigenvalue weighted by Crippen LogP contribution is -2.52. The van der Waals surface area contributed by atoms with Crippen LogP contribution in [0.25, 0.3) is 0 Å². The van der Waals surface area contributed by atoms with E-state index in [0.717, 1.165) is 12.8 Å². The first-order chi connectivity index (χ1) is 6.42. The third-order valence-corrected chi connectivity index (χ3v) is 2.93. The summed E-state index contributed by atoms with van der Waals surface area (Å²) in [6.07, 6.45) is 2.71. The number of amides is 1. The lowest BCUT2D eigenvalue weighted by molar-refractivity contribution is -0.123. The predicted octanol–water partition coefficient (Wildman–Crippen LogP) is 0.534. The van der Waals surface area contributed by atoms with Crippen LogP contribution in [0.4, 0.5) is 0 Å². The van der Waals surface area contributed by atoms with E-state index in [1.54, 1.807) is 13.8 Å². The number of hydrogen-bond donors (Lipinski definition) is 2. The number of carbonyl (C=O) groups excluding carboxylic acids is 1. The van der Waals surface area contributed by atoms with E-state index in [4.69, 9.17) is 11.0 Å². The first-order valence-corrected chi connectivity index (χ1v) is 4.84. The second-order valence-electron chi connectivity index (χ2n) is 4.68. The number of primary amides is 1. The van der Waals surface area contributed by atoms with Crippen LogP contribution in [0.15, 0.2) is 0 Å². The number of nitrogens with zero attached hydrogens (tertiary/aromatic N) is 1. The average Bonchev–Trinajstić information content (AvgIpc) is 2.83. The van der Waals surface area contributed by atoms with E-state index in [2.05, 4.69) is 11.4 Å². The monoisotopic (exact) mass is 195 g/mol. The maximum Gasteiger partial charge on any atom is 0.237 e. The van der Waals surface area contributed by atoms with E-state index >= 15 is 0 Å². The first kappa shape index (κ1) is 11.0. The Labute approximate surface area is 84.5 Å². The van der Waals surface area contributed by atoms with Crippen molar-refractivity contribution in [1.29, 1.82) is 5.26 Å². The van der Waals surface area contributed by atoms with Crippen LogP contribution in [0.3, 0.4) is 0 Å². The molecule has 0 heterocycles. The Morgan fingerprint density at radius 1 is 1.64 bits per heavy atom. The van der Waals surface area contributed by atoms with Gasteiger partial charge in [0.15, 0.2) is 0 Å². The molecule has 0 aromatic heterocycles. The zero-order valence-electron chi connectivity index (χ0n) is 8.76. The maximum absolute atomic E-state index is 11.0. The Morgan fingerprint density at radius 2 is 2.21 bits per heavy atom. The molecule has 0 radical (unpaired) electrons. The zero-order chi connectivity index (χ0) is 10.8. The molecule has 0 saturated heterocycles. The number of rotatable bonds is 5. The maximum atomic E-state index is 11.0. The Kier molecular flexibility index (Phi) is 2.81. The normalized spacial score (nSPS) is 18.6. The summed E-state index contributed by atoms with van der Waals surface area (Å²) >= 11 is 0. The van der Waals surface area contributed by atoms with Gasteiger partial charge in [-0.15, -0.1) is 0 Å². The summed E-state index contributed by atoms with van der Waals surface area (Å²) in [5, 5.41) is 11.7. The molecule has 1 saturated carbocycles. The molecule has 3 N–H and O–H groups in total. The fourth-order valence-corrected chi connectivity index (χ4v) is 1.26. The molecule has 14 heavy (non-hydrogen) atoms. The molecule has 4 heteroatoms. The summed E-state index contributed by atoms with van der Waals surface area (Å²) in [6, 6.07) is 2.18. The molecule has 1 aliphatic rings. The van der Waals surface area contributed by atoms with Crippen LogP contribution in [-0.2, 0) is 4.79 Å². The van der Waals surface area contributed by atoms with Crippen LogP contribution in [0.1, 0.15) is 33.1 Å². The summed E-state index contributed by atoms with van der Waals surface area (Å²) in [7, 11) is 0. The number of hydrogen-bond acceptors (Lipinski definition) is 3. The van der Waals surface area contributed by atoms with Crippen molar-refractivity contribution in [3.05, 3.63) is 0 Å². The molecule has 78 valence electrons. The largest absolute Gasteiger partial charge is 0.368 e. The Morgan fingerprint density at radius 3 is 2.57 bits per heavy atom. The highest BCUT2D eigenvalue weighted by atomic mass is 16.1. The minimum Gasteiger partial charge on any atom is -0.368 e. The molecule has 1 amide bonds. The van der Waals surface area contributed by atoms with Gasteiger partial charge in [-0.1, -0.05) is 0 Å². The molecule has 0 aliphatic heterocycles. The third-order valence-electron chi connectivity index (χ3n) is 2.93. The zero-order valence-corrected chi connectivity index (χ0v) is 8.76. The quantitative estimate of drug-likeness (QED) is 0.671. The molecule has 4 nitrogen and oxygen atoms in total. The first-order valence-electron chi connectivity index (χ1n) is 4.84. The molecule has 0 aromatic rings. The molecular weight excluding hydrogens is 178 g/mol. The van der Waals surface area contributed by atoms with Gasteiger partial charge in [0, 0.05) is 13.0 Å². The van der Waals surface area contributed by atoms with Crippen LogP contribution in [0, 0.1) is 16.7 Å². The van der Waals surface area contributed by atoms with Crippen molar-refractivity contribution >= 4 is 5.91 Å². The highest BCUT2D eigenvalue weighted by Gasteiger charge is 2.43. The lowest BCUT2D eigenvalue weighted by atomic mass is 9.99. The van der Waals surface area contributed by atoms with Crippen LogP contribution < -0.4 is 11.1 Å². The van der Waals surface area contributed by atoms with Gasteiger partial charge in [-0.3, -0.25) is 4.79 Å². The number of nitriles is 1. The van der Waals surface area contributed by atoms with Gasteiger partial charge in [-0.05, 0) is 32.1 Å². The molecule has 1 fully saturated rings. The summed E-state index contributed by atoms with van der Waals surface area (Å²) in [5.74, 6) is -0.356. The van der Waals surface area contributed by atoms with E-state index in [9.17, 15) is 4.79 Å².